The molecule has 2 aromatic rings. The lowest BCUT2D eigenvalue weighted by atomic mass is 9.68. The number of fused-ring (bicyclic) bond motifs is 3. The van der Waals surface area contributed by atoms with Crippen LogP contribution in [0.25, 0.3) is 5.57 Å². The first-order chi connectivity index (χ1) is 12.3. The second-order valence-electron chi connectivity index (χ2n) is 8.38. The molecule has 0 spiro atoms. The third-order valence-electron chi connectivity index (χ3n) is 5.56. The summed E-state index contributed by atoms with van der Waals surface area (Å²) in [6, 6.07) is 9.71. The van der Waals surface area contributed by atoms with Crippen LogP contribution in [0.15, 0.2) is 47.9 Å². The summed E-state index contributed by atoms with van der Waals surface area (Å²) in [4.78, 5) is 22.0. The van der Waals surface area contributed by atoms with Gasteiger partial charge in [-0.1, -0.05) is 50.0 Å². The van der Waals surface area contributed by atoms with Gasteiger partial charge in [-0.3, -0.25) is 14.8 Å². The van der Waals surface area contributed by atoms with E-state index in [9.17, 15) is 9.90 Å². The maximum Gasteiger partial charge on any atom is 0.155 e. The lowest BCUT2D eigenvalue weighted by Gasteiger charge is -2.43. The molecule has 134 valence electrons. The zero-order valence-corrected chi connectivity index (χ0v) is 16.5. The molecular formula is C21H24N2O2Si. The normalized spacial score (nSPS) is 25.7. The highest BCUT2D eigenvalue weighted by Gasteiger charge is 2.48. The second kappa shape index (κ2) is 5.96. The molecule has 2 atom stereocenters. The molecule has 1 aromatic carbocycles. The molecular weight excluding hydrogens is 340 g/mol. The van der Waals surface area contributed by atoms with E-state index in [0.29, 0.717) is 18.5 Å². The number of rotatable bonds is 2. The van der Waals surface area contributed by atoms with Crippen LogP contribution >= 0.6 is 0 Å². The molecule has 5 heteroatoms. The summed E-state index contributed by atoms with van der Waals surface area (Å²) in [6.07, 6.45) is 5.19. The smallest absolute Gasteiger partial charge is 0.155 e. The van der Waals surface area contributed by atoms with Crippen LogP contribution < -0.4 is 0 Å². The Morgan fingerprint density at radius 3 is 2.50 bits per heavy atom. The number of aromatic nitrogens is 2. The van der Waals surface area contributed by atoms with E-state index < -0.39 is 13.7 Å². The Bertz CT molecular complexity index is 902. The number of aliphatic hydroxyl groups is 1. The van der Waals surface area contributed by atoms with E-state index in [1.54, 1.807) is 12.4 Å². The molecule has 0 bridgehead atoms. The van der Waals surface area contributed by atoms with E-state index in [0.717, 1.165) is 28.4 Å². The Morgan fingerprint density at radius 1 is 1.12 bits per heavy atom. The fraction of sp³-hybridized carbons (Fsp3) is 0.381. The molecule has 1 heterocycles. The number of carbonyl (C=O) groups excluding carboxylic acids is 1. The summed E-state index contributed by atoms with van der Waals surface area (Å²) < 4.78 is 0. The molecule has 0 saturated heterocycles. The number of Topliss-reactive ketones (excluding diaryl/α,β-unsaturated/α-hetero) is 1. The summed E-state index contributed by atoms with van der Waals surface area (Å²) in [5.74, 6) is 0.404. The fourth-order valence-corrected chi connectivity index (χ4v) is 6.62. The van der Waals surface area contributed by atoms with Crippen molar-refractivity contribution in [3.63, 3.8) is 0 Å². The van der Waals surface area contributed by atoms with Gasteiger partial charge in [-0.25, -0.2) is 0 Å². The van der Waals surface area contributed by atoms with Crippen LogP contribution in [0.5, 0.6) is 0 Å². The number of hydrogen-bond acceptors (Lipinski definition) is 4. The Kier molecular flexibility index (Phi) is 3.97. The molecule has 2 aliphatic rings. The van der Waals surface area contributed by atoms with Crippen LogP contribution in [-0.4, -0.2) is 28.9 Å². The van der Waals surface area contributed by atoms with Gasteiger partial charge in [0.1, 0.15) is 11.3 Å². The van der Waals surface area contributed by atoms with E-state index >= 15 is 0 Å². The third kappa shape index (κ3) is 2.58. The second-order valence-corrected chi connectivity index (χ2v) is 13.4. The minimum Gasteiger partial charge on any atom is -0.379 e. The van der Waals surface area contributed by atoms with Gasteiger partial charge < -0.3 is 5.11 Å². The highest BCUT2D eigenvalue weighted by molar-refractivity contribution is 6.88. The van der Waals surface area contributed by atoms with Gasteiger partial charge >= 0.3 is 0 Å². The molecule has 0 aliphatic heterocycles. The minimum atomic E-state index is -1.84. The minimum absolute atomic E-state index is 0.142. The zero-order chi connectivity index (χ0) is 18.5. The molecule has 0 saturated carbocycles. The zero-order valence-electron chi connectivity index (χ0n) is 15.5. The standard InChI is InChI=1S/C21H24N2O2Si/c1-26(2,3)19-16(24)10-9-14-13-21(25,15-7-5-4-6-8-15)20-18(17(14)19)22-11-12-23-20/h4-8,11-12,14,25H,9-10,13H2,1-3H3/t14-,21-/m1/s1. The largest absolute Gasteiger partial charge is 0.379 e. The third-order valence-corrected chi connectivity index (χ3v) is 7.61. The molecule has 0 unspecified atom stereocenters. The topological polar surface area (TPSA) is 63.1 Å². The summed E-state index contributed by atoms with van der Waals surface area (Å²) in [5.41, 5.74) is 2.05. The van der Waals surface area contributed by atoms with Crippen molar-refractivity contribution in [2.45, 2.75) is 44.5 Å². The molecule has 0 amide bonds. The van der Waals surface area contributed by atoms with E-state index in [4.69, 9.17) is 0 Å². The molecule has 4 nitrogen and oxygen atoms in total. The highest BCUT2D eigenvalue weighted by Crippen LogP contribution is 2.51. The van der Waals surface area contributed by atoms with Crippen LogP contribution in [0.4, 0.5) is 0 Å². The van der Waals surface area contributed by atoms with Gasteiger partial charge in [-0.15, -0.1) is 0 Å². The molecule has 4 rings (SSSR count). The Morgan fingerprint density at radius 2 is 1.81 bits per heavy atom. The highest BCUT2D eigenvalue weighted by atomic mass is 28.3. The maximum atomic E-state index is 12.8. The first-order valence-corrected chi connectivity index (χ1v) is 12.7. The van der Waals surface area contributed by atoms with Crippen molar-refractivity contribution in [2.75, 3.05) is 0 Å². The van der Waals surface area contributed by atoms with E-state index in [1.807, 2.05) is 30.3 Å². The van der Waals surface area contributed by atoms with Gasteiger partial charge in [-0.2, -0.15) is 0 Å². The molecule has 26 heavy (non-hydrogen) atoms. The van der Waals surface area contributed by atoms with Gasteiger partial charge in [-0.05, 0) is 35.1 Å². The van der Waals surface area contributed by atoms with Crippen molar-refractivity contribution in [3.8, 4) is 0 Å². The Balaban J connectivity index is 2.01. The van der Waals surface area contributed by atoms with E-state index in [2.05, 4.69) is 29.6 Å². The number of nitrogens with zero attached hydrogens (tertiary/aromatic N) is 2. The summed E-state index contributed by atoms with van der Waals surface area (Å²) in [6.45, 7) is 6.64. The van der Waals surface area contributed by atoms with Crippen molar-refractivity contribution < 1.29 is 9.90 Å². The van der Waals surface area contributed by atoms with Crippen LogP contribution in [0.1, 0.15) is 36.2 Å². The Labute approximate surface area is 155 Å². The van der Waals surface area contributed by atoms with E-state index in [1.165, 1.54) is 0 Å². The van der Waals surface area contributed by atoms with E-state index in [-0.39, 0.29) is 11.7 Å². The van der Waals surface area contributed by atoms with Gasteiger partial charge in [0.25, 0.3) is 0 Å². The first-order valence-electron chi connectivity index (χ1n) is 9.20. The Hall–Kier alpha value is -2.11. The fourth-order valence-electron chi connectivity index (χ4n) is 4.53. The van der Waals surface area contributed by atoms with Crippen molar-refractivity contribution in [1.82, 2.24) is 9.97 Å². The summed E-state index contributed by atoms with van der Waals surface area (Å²) in [7, 11) is -1.84. The predicted molar refractivity (Wildman–Crippen MR) is 104 cm³/mol. The number of allylic oxidation sites excluding steroid dienone is 2. The van der Waals surface area contributed by atoms with Gasteiger partial charge in [0.15, 0.2) is 5.78 Å². The van der Waals surface area contributed by atoms with Gasteiger partial charge in [0.2, 0.25) is 0 Å². The summed E-state index contributed by atoms with van der Waals surface area (Å²) >= 11 is 0. The van der Waals surface area contributed by atoms with Crippen LogP contribution in [0.3, 0.4) is 0 Å². The predicted octanol–water partition coefficient (Wildman–Crippen LogP) is 3.73. The number of hydrogen-bond donors (Lipinski definition) is 1. The van der Waals surface area contributed by atoms with Crippen molar-refractivity contribution in [3.05, 3.63) is 64.9 Å². The van der Waals surface area contributed by atoms with Crippen molar-refractivity contribution >= 4 is 19.4 Å². The summed E-state index contributed by atoms with van der Waals surface area (Å²) in [5, 5.41) is 12.7. The number of benzene rings is 1. The number of carbonyl (C=O) groups is 1. The van der Waals surface area contributed by atoms with Crippen LogP contribution in [0, 0.1) is 5.92 Å². The quantitative estimate of drug-likeness (QED) is 0.825. The maximum absolute atomic E-state index is 12.8. The monoisotopic (exact) mass is 364 g/mol. The average molecular weight is 365 g/mol. The van der Waals surface area contributed by atoms with Crippen LogP contribution in [-0.2, 0) is 10.4 Å². The SMILES string of the molecule is C[Si](C)(C)C1=C2c3nccnc3[C@](O)(c3ccccc3)C[C@H]2CCC1=O. The first kappa shape index (κ1) is 17.3. The molecule has 1 N–H and O–H groups in total. The average Bonchev–Trinajstić information content (AvgIpc) is 2.62. The molecule has 0 fully saturated rings. The number of ketones is 1. The lowest BCUT2D eigenvalue weighted by Crippen LogP contribution is -2.42. The van der Waals surface area contributed by atoms with Gasteiger partial charge in [0, 0.05) is 18.8 Å². The molecule has 2 aliphatic carbocycles. The van der Waals surface area contributed by atoms with Gasteiger partial charge in [0.05, 0.1) is 13.8 Å². The molecule has 1 aromatic heterocycles. The van der Waals surface area contributed by atoms with Crippen molar-refractivity contribution in [2.24, 2.45) is 5.92 Å². The molecule has 0 radical (unpaired) electrons. The van der Waals surface area contributed by atoms with Crippen LogP contribution in [0.2, 0.25) is 19.6 Å². The van der Waals surface area contributed by atoms with Crippen molar-refractivity contribution in [1.29, 1.82) is 0 Å². The lowest BCUT2D eigenvalue weighted by molar-refractivity contribution is -0.115.